The van der Waals surface area contributed by atoms with E-state index in [9.17, 15) is 14.9 Å². The van der Waals surface area contributed by atoms with Crippen molar-refractivity contribution in [1.29, 1.82) is 5.26 Å². The number of carbonyl (C=O) groups is 2. The first-order valence-corrected chi connectivity index (χ1v) is 7.53. The fourth-order valence-electron chi connectivity index (χ4n) is 2.09. The van der Waals surface area contributed by atoms with Crippen molar-refractivity contribution in [2.75, 3.05) is 11.9 Å². The van der Waals surface area contributed by atoms with Gasteiger partial charge in [-0.15, -0.1) is 0 Å². The summed E-state index contributed by atoms with van der Waals surface area (Å²) in [6.45, 7) is 2.31. The maximum atomic E-state index is 12.3. The van der Waals surface area contributed by atoms with Crippen LogP contribution in [-0.2, 0) is 4.79 Å². The van der Waals surface area contributed by atoms with Gasteiger partial charge in [0, 0.05) is 11.3 Å². The van der Waals surface area contributed by atoms with Gasteiger partial charge in [-0.05, 0) is 43.3 Å². The van der Waals surface area contributed by atoms with Crippen LogP contribution < -0.4 is 10.1 Å². The van der Waals surface area contributed by atoms with Crippen LogP contribution in [0.25, 0.3) is 6.08 Å². The number of para-hydroxylation sites is 1. The van der Waals surface area contributed by atoms with Crippen molar-refractivity contribution in [3.8, 4) is 11.8 Å². The number of carbonyl (C=O) groups excluding carboxylic acids is 1. The zero-order valence-electron chi connectivity index (χ0n) is 13.5. The highest BCUT2D eigenvalue weighted by atomic mass is 16.5. The highest BCUT2D eigenvalue weighted by Gasteiger charge is 2.11. The van der Waals surface area contributed by atoms with Gasteiger partial charge in [0.1, 0.15) is 17.4 Å². The Morgan fingerprint density at radius 3 is 2.48 bits per heavy atom. The molecule has 0 aliphatic carbocycles. The molecular formula is C19H16N2O4. The largest absolute Gasteiger partial charge is 0.493 e. The van der Waals surface area contributed by atoms with Gasteiger partial charge in [0.25, 0.3) is 5.91 Å². The zero-order chi connectivity index (χ0) is 18.2. The first-order valence-electron chi connectivity index (χ1n) is 7.53. The molecule has 2 aromatic rings. The number of hydrogen-bond acceptors (Lipinski definition) is 4. The van der Waals surface area contributed by atoms with Gasteiger partial charge in [-0.25, -0.2) is 4.79 Å². The van der Waals surface area contributed by atoms with E-state index in [-0.39, 0.29) is 11.1 Å². The Kier molecular flexibility index (Phi) is 5.91. The smallest absolute Gasteiger partial charge is 0.335 e. The number of anilines is 1. The summed E-state index contributed by atoms with van der Waals surface area (Å²) >= 11 is 0. The van der Waals surface area contributed by atoms with Crippen molar-refractivity contribution in [1.82, 2.24) is 0 Å². The fourth-order valence-corrected chi connectivity index (χ4v) is 2.09. The molecule has 1 amide bonds. The van der Waals surface area contributed by atoms with Gasteiger partial charge in [0.2, 0.25) is 0 Å². The van der Waals surface area contributed by atoms with Crippen LogP contribution in [0.4, 0.5) is 5.69 Å². The predicted molar refractivity (Wildman–Crippen MR) is 93.2 cm³/mol. The zero-order valence-corrected chi connectivity index (χ0v) is 13.5. The van der Waals surface area contributed by atoms with Gasteiger partial charge in [-0.1, -0.05) is 18.2 Å². The molecule has 0 aliphatic rings. The van der Waals surface area contributed by atoms with E-state index in [0.29, 0.717) is 23.6 Å². The molecule has 2 aromatic carbocycles. The van der Waals surface area contributed by atoms with Gasteiger partial charge in [-0.3, -0.25) is 4.79 Å². The van der Waals surface area contributed by atoms with Crippen LogP contribution >= 0.6 is 0 Å². The first-order chi connectivity index (χ1) is 12.0. The molecule has 0 unspecified atom stereocenters. The van der Waals surface area contributed by atoms with Crippen LogP contribution in [0.15, 0.2) is 54.1 Å². The number of carboxylic acid groups (broad SMARTS) is 1. The van der Waals surface area contributed by atoms with Crippen LogP contribution in [-0.4, -0.2) is 23.6 Å². The maximum Gasteiger partial charge on any atom is 0.335 e. The summed E-state index contributed by atoms with van der Waals surface area (Å²) < 4.78 is 5.47. The monoisotopic (exact) mass is 336 g/mol. The van der Waals surface area contributed by atoms with Crippen molar-refractivity contribution in [3.05, 3.63) is 65.2 Å². The number of carboxylic acids is 1. The minimum atomic E-state index is -1.05. The molecule has 126 valence electrons. The predicted octanol–water partition coefficient (Wildman–Crippen LogP) is 3.33. The summed E-state index contributed by atoms with van der Waals surface area (Å²) in [4.78, 5) is 23.1. The number of amides is 1. The quantitative estimate of drug-likeness (QED) is 0.622. The van der Waals surface area contributed by atoms with Gasteiger partial charge < -0.3 is 15.2 Å². The molecule has 0 saturated heterocycles. The van der Waals surface area contributed by atoms with E-state index < -0.39 is 11.9 Å². The molecule has 0 spiro atoms. The Morgan fingerprint density at radius 2 is 1.88 bits per heavy atom. The van der Waals surface area contributed by atoms with Gasteiger partial charge in [0.05, 0.1) is 12.2 Å². The molecule has 0 aliphatic heterocycles. The molecule has 0 bridgehead atoms. The third-order valence-electron chi connectivity index (χ3n) is 3.27. The molecule has 0 saturated carbocycles. The number of nitriles is 1. The summed E-state index contributed by atoms with van der Waals surface area (Å²) in [5, 5.41) is 20.7. The van der Waals surface area contributed by atoms with Gasteiger partial charge in [0.15, 0.2) is 0 Å². The summed E-state index contributed by atoms with van der Waals surface area (Å²) in [6, 6.07) is 14.6. The SMILES string of the molecule is CCOc1ccccc1/C=C(/C#N)C(=O)Nc1ccc(C(=O)O)cc1. The number of nitrogens with one attached hydrogen (secondary N) is 1. The van der Waals surface area contributed by atoms with Crippen LogP contribution in [0.1, 0.15) is 22.8 Å². The van der Waals surface area contributed by atoms with Crippen LogP contribution in [0.2, 0.25) is 0 Å². The second-order valence-electron chi connectivity index (χ2n) is 4.98. The Morgan fingerprint density at radius 1 is 1.20 bits per heavy atom. The van der Waals surface area contributed by atoms with Crippen molar-refractivity contribution >= 4 is 23.6 Å². The molecule has 0 heterocycles. The molecule has 0 radical (unpaired) electrons. The van der Waals surface area contributed by atoms with Crippen LogP contribution in [0.3, 0.4) is 0 Å². The Hall–Kier alpha value is -3.59. The van der Waals surface area contributed by atoms with E-state index >= 15 is 0 Å². The Bertz CT molecular complexity index is 848. The van der Waals surface area contributed by atoms with E-state index in [2.05, 4.69) is 5.32 Å². The fraction of sp³-hybridized carbons (Fsp3) is 0.105. The third-order valence-corrected chi connectivity index (χ3v) is 3.27. The number of ether oxygens (including phenoxy) is 1. The van der Waals surface area contributed by atoms with Crippen molar-refractivity contribution in [2.24, 2.45) is 0 Å². The first kappa shape index (κ1) is 17.8. The third kappa shape index (κ3) is 4.69. The van der Waals surface area contributed by atoms with Crippen molar-refractivity contribution in [2.45, 2.75) is 6.92 Å². The second-order valence-corrected chi connectivity index (χ2v) is 4.98. The van der Waals surface area contributed by atoms with Crippen molar-refractivity contribution in [3.63, 3.8) is 0 Å². The van der Waals surface area contributed by atoms with Gasteiger partial charge in [-0.2, -0.15) is 5.26 Å². The minimum Gasteiger partial charge on any atom is -0.493 e. The lowest BCUT2D eigenvalue weighted by atomic mass is 10.1. The second kappa shape index (κ2) is 8.31. The molecule has 0 fully saturated rings. The maximum absolute atomic E-state index is 12.3. The Labute approximate surface area is 145 Å². The molecule has 6 heteroatoms. The normalized spacial score (nSPS) is 10.6. The number of hydrogen-bond donors (Lipinski definition) is 2. The van der Waals surface area contributed by atoms with Crippen molar-refractivity contribution < 1.29 is 19.4 Å². The van der Waals surface area contributed by atoms with E-state index in [1.54, 1.807) is 24.3 Å². The average Bonchev–Trinajstić information content (AvgIpc) is 2.61. The minimum absolute atomic E-state index is 0.0885. The van der Waals surface area contributed by atoms with Crippen LogP contribution in [0, 0.1) is 11.3 Å². The summed E-state index contributed by atoms with van der Waals surface area (Å²) in [5.74, 6) is -1.06. The number of nitrogens with zero attached hydrogens (tertiary/aromatic N) is 1. The van der Waals surface area contributed by atoms with E-state index in [4.69, 9.17) is 9.84 Å². The number of aromatic carboxylic acids is 1. The van der Waals surface area contributed by atoms with E-state index in [0.717, 1.165) is 0 Å². The molecule has 25 heavy (non-hydrogen) atoms. The Balaban J connectivity index is 2.21. The lowest BCUT2D eigenvalue weighted by molar-refractivity contribution is -0.112. The van der Waals surface area contributed by atoms with E-state index in [1.807, 2.05) is 13.0 Å². The topological polar surface area (TPSA) is 99.4 Å². The molecule has 0 atom stereocenters. The molecule has 6 nitrogen and oxygen atoms in total. The summed E-state index contributed by atoms with van der Waals surface area (Å²) in [5.41, 5.74) is 1.04. The molecule has 2 N–H and O–H groups in total. The van der Waals surface area contributed by atoms with Crippen LogP contribution in [0.5, 0.6) is 5.75 Å². The highest BCUT2D eigenvalue weighted by molar-refractivity contribution is 6.10. The average molecular weight is 336 g/mol. The molecule has 0 aromatic heterocycles. The summed E-state index contributed by atoms with van der Waals surface area (Å²) in [7, 11) is 0. The summed E-state index contributed by atoms with van der Waals surface area (Å²) in [6.07, 6.45) is 1.45. The molecule has 2 rings (SSSR count). The number of rotatable bonds is 6. The lowest BCUT2D eigenvalue weighted by Crippen LogP contribution is -2.13. The standard InChI is InChI=1S/C19H16N2O4/c1-2-25-17-6-4-3-5-14(17)11-15(12-20)18(22)21-16-9-7-13(8-10-16)19(23)24/h3-11H,2H2,1H3,(H,21,22)(H,23,24)/b15-11-. The number of benzene rings is 2. The van der Waals surface area contributed by atoms with E-state index in [1.165, 1.54) is 30.3 Å². The lowest BCUT2D eigenvalue weighted by Gasteiger charge is -2.08. The molecular weight excluding hydrogens is 320 g/mol. The van der Waals surface area contributed by atoms with Gasteiger partial charge >= 0.3 is 5.97 Å². The highest BCUT2D eigenvalue weighted by Crippen LogP contribution is 2.21.